The van der Waals surface area contributed by atoms with Crippen molar-refractivity contribution in [2.75, 3.05) is 10.8 Å². The molecule has 0 saturated heterocycles. The fourth-order valence-electron chi connectivity index (χ4n) is 3.72. The number of carbonyl (C=O) groups is 2. The molecule has 3 aromatic rings. The highest BCUT2D eigenvalue weighted by Gasteiger charge is 2.33. The van der Waals surface area contributed by atoms with Crippen LogP contribution in [0.5, 0.6) is 0 Å². The van der Waals surface area contributed by atoms with Gasteiger partial charge >= 0.3 is 0 Å². The minimum absolute atomic E-state index is 0.0185. The molecule has 10 heteroatoms. The summed E-state index contributed by atoms with van der Waals surface area (Å²) in [6, 6.07) is 19.2. The van der Waals surface area contributed by atoms with E-state index in [0.29, 0.717) is 6.42 Å². The first kappa shape index (κ1) is 29.1. The normalized spacial score (nSPS) is 12.9. The first-order valence-electron chi connectivity index (χ1n) is 12.2. The van der Waals surface area contributed by atoms with Crippen molar-refractivity contribution in [2.24, 2.45) is 0 Å². The number of anilines is 1. The van der Waals surface area contributed by atoms with Crippen molar-refractivity contribution in [1.29, 1.82) is 0 Å². The fourth-order valence-corrected chi connectivity index (χ4v) is 5.32. The summed E-state index contributed by atoms with van der Waals surface area (Å²) in [7, 11) is -4.25. The summed E-state index contributed by atoms with van der Waals surface area (Å²) in [6.45, 7) is 4.84. The Morgan fingerprint density at radius 3 is 2.16 bits per heavy atom. The number of sulfonamides is 1. The third kappa shape index (κ3) is 7.11. The summed E-state index contributed by atoms with van der Waals surface area (Å²) in [5.41, 5.74) is 0.788. The second kappa shape index (κ2) is 12.9. The van der Waals surface area contributed by atoms with Gasteiger partial charge in [-0.05, 0) is 56.2 Å². The Bertz CT molecular complexity index is 1360. The standard InChI is InChI=1S/C28H31ClFN3O4S/c1-4-20(2)31-28(35)21(3)32(18-22-11-7-5-8-12-22)27(34)19-33(23-15-16-26(30)25(29)17-23)38(36,37)24-13-9-6-10-14-24/h5-17,20-21H,4,18-19H2,1-3H3,(H,31,35)/t20-,21-/m0/s1. The molecule has 38 heavy (non-hydrogen) atoms. The van der Waals surface area contributed by atoms with Crippen molar-refractivity contribution in [1.82, 2.24) is 10.2 Å². The lowest BCUT2D eigenvalue weighted by Gasteiger charge is -2.32. The number of benzene rings is 3. The number of nitrogens with zero attached hydrogens (tertiary/aromatic N) is 2. The van der Waals surface area contributed by atoms with Crippen molar-refractivity contribution >= 4 is 39.1 Å². The second-order valence-corrected chi connectivity index (χ2v) is 11.2. The Balaban J connectivity index is 2.02. The van der Waals surface area contributed by atoms with Crippen molar-refractivity contribution in [3.05, 3.63) is 95.3 Å². The van der Waals surface area contributed by atoms with Crippen molar-refractivity contribution in [3.63, 3.8) is 0 Å². The van der Waals surface area contributed by atoms with Crippen LogP contribution in [0.1, 0.15) is 32.8 Å². The maximum atomic E-state index is 13.9. The van der Waals surface area contributed by atoms with Crippen molar-refractivity contribution in [3.8, 4) is 0 Å². The largest absolute Gasteiger partial charge is 0.352 e. The average molecular weight is 560 g/mol. The van der Waals surface area contributed by atoms with Crippen LogP contribution in [0.3, 0.4) is 0 Å². The van der Waals surface area contributed by atoms with E-state index in [-0.39, 0.29) is 34.1 Å². The highest BCUT2D eigenvalue weighted by atomic mass is 35.5. The van der Waals surface area contributed by atoms with E-state index in [9.17, 15) is 22.4 Å². The monoisotopic (exact) mass is 559 g/mol. The van der Waals surface area contributed by atoms with Crippen LogP contribution >= 0.6 is 11.6 Å². The molecule has 0 heterocycles. The molecule has 2 amide bonds. The highest BCUT2D eigenvalue weighted by molar-refractivity contribution is 7.92. The summed E-state index contributed by atoms with van der Waals surface area (Å²) in [5.74, 6) is -1.69. The van der Waals surface area contributed by atoms with Gasteiger partial charge in [0.15, 0.2) is 0 Å². The Morgan fingerprint density at radius 1 is 0.974 bits per heavy atom. The van der Waals surface area contributed by atoms with Crippen molar-refractivity contribution in [2.45, 2.75) is 50.7 Å². The lowest BCUT2D eigenvalue weighted by Crippen LogP contribution is -2.52. The SMILES string of the molecule is CC[C@H](C)NC(=O)[C@H](C)N(Cc1ccccc1)C(=O)CN(c1ccc(F)c(Cl)c1)S(=O)(=O)c1ccccc1. The van der Waals surface area contributed by atoms with Crippen LogP contribution in [-0.2, 0) is 26.2 Å². The molecule has 0 aliphatic rings. The summed E-state index contributed by atoms with van der Waals surface area (Å²) in [4.78, 5) is 28.1. The van der Waals surface area contributed by atoms with Crippen LogP contribution in [0.15, 0.2) is 83.8 Å². The second-order valence-electron chi connectivity index (χ2n) is 8.92. The zero-order chi connectivity index (χ0) is 27.9. The predicted molar refractivity (Wildman–Crippen MR) is 147 cm³/mol. The summed E-state index contributed by atoms with van der Waals surface area (Å²) >= 11 is 5.97. The Hall–Kier alpha value is -3.43. The van der Waals surface area contributed by atoms with Gasteiger partial charge in [-0.15, -0.1) is 0 Å². The van der Waals surface area contributed by atoms with E-state index in [1.54, 1.807) is 25.1 Å². The molecule has 0 aliphatic carbocycles. The summed E-state index contributed by atoms with van der Waals surface area (Å²) < 4.78 is 42.2. The molecule has 0 aromatic heterocycles. The third-order valence-electron chi connectivity index (χ3n) is 6.17. The smallest absolute Gasteiger partial charge is 0.264 e. The zero-order valence-electron chi connectivity index (χ0n) is 21.5. The van der Waals surface area contributed by atoms with Gasteiger partial charge < -0.3 is 10.2 Å². The van der Waals surface area contributed by atoms with Gasteiger partial charge in [0.25, 0.3) is 10.0 Å². The van der Waals surface area contributed by atoms with Crippen molar-refractivity contribution < 1.29 is 22.4 Å². The molecule has 0 bridgehead atoms. The number of amides is 2. The van der Waals surface area contributed by atoms with Crippen LogP contribution in [0.2, 0.25) is 5.02 Å². The molecule has 0 aliphatic heterocycles. The zero-order valence-corrected chi connectivity index (χ0v) is 23.0. The predicted octanol–water partition coefficient (Wildman–Crippen LogP) is 5.01. The van der Waals surface area contributed by atoms with E-state index in [0.717, 1.165) is 22.0 Å². The van der Waals surface area contributed by atoms with Gasteiger partial charge in [0, 0.05) is 12.6 Å². The fraction of sp³-hybridized carbons (Fsp3) is 0.286. The lowest BCUT2D eigenvalue weighted by atomic mass is 10.1. The van der Waals surface area contributed by atoms with Crippen LogP contribution in [0, 0.1) is 5.82 Å². The van der Waals surface area contributed by atoms with Gasteiger partial charge in [-0.25, -0.2) is 12.8 Å². The van der Waals surface area contributed by atoms with Crippen LogP contribution in [-0.4, -0.2) is 43.8 Å². The molecular formula is C28H31ClFN3O4S. The highest BCUT2D eigenvalue weighted by Crippen LogP contribution is 2.28. The maximum Gasteiger partial charge on any atom is 0.264 e. The number of hydrogen-bond acceptors (Lipinski definition) is 4. The quantitative estimate of drug-likeness (QED) is 0.358. The molecule has 202 valence electrons. The van der Waals surface area contributed by atoms with Gasteiger partial charge in [-0.3, -0.25) is 13.9 Å². The van der Waals surface area contributed by atoms with E-state index in [4.69, 9.17) is 11.6 Å². The van der Waals surface area contributed by atoms with Gasteiger partial charge in [0.05, 0.1) is 15.6 Å². The summed E-state index contributed by atoms with van der Waals surface area (Å²) in [5, 5.41) is 2.60. The average Bonchev–Trinajstić information content (AvgIpc) is 2.92. The van der Waals surface area contributed by atoms with Crippen LogP contribution in [0.4, 0.5) is 10.1 Å². The molecule has 3 rings (SSSR count). The topological polar surface area (TPSA) is 86.8 Å². The molecule has 1 N–H and O–H groups in total. The van der Waals surface area contributed by atoms with E-state index >= 15 is 0 Å². The molecule has 0 saturated carbocycles. The Morgan fingerprint density at radius 2 is 1.58 bits per heavy atom. The number of hydrogen-bond donors (Lipinski definition) is 1. The number of nitrogens with one attached hydrogen (secondary N) is 1. The van der Waals surface area contributed by atoms with E-state index in [1.165, 1.54) is 23.1 Å². The third-order valence-corrected chi connectivity index (χ3v) is 8.24. The number of halogens is 2. The first-order valence-corrected chi connectivity index (χ1v) is 14.0. The minimum atomic E-state index is -4.25. The number of carbonyl (C=O) groups excluding carboxylic acids is 2. The molecule has 0 spiro atoms. The van der Waals surface area contributed by atoms with E-state index in [2.05, 4.69) is 5.32 Å². The van der Waals surface area contributed by atoms with E-state index < -0.39 is 34.3 Å². The van der Waals surface area contributed by atoms with E-state index in [1.807, 2.05) is 44.2 Å². The molecule has 0 radical (unpaired) electrons. The summed E-state index contributed by atoms with van der Waals surface area (Å²) in [6.07, 6.45) is 0.708. The molecule has 0 fully saturated rings. The minimum Gasteiger partial charge on any atom is -0.352 e. The van der Waals surface area contributed by atoms with Gasteiger partial charge in [0.2, 0.25) is 11.8 Å². The molecule has 7 nitrogen and oxygen atoms in total. The van der Waals surface area contributed by atoms with Gasteiger partial charge in [-0.2, -0.15) is 0 Å². The van der Waals surface area contributed by atoms with Gasteiger partial charge in [0.1, 0.15) is 18.4 Å². The first-order chi connectivity index (χ1) is 18.0. The Labute approximate surface area is 228 Å². The molecular weight excluding hydrogens is 529 g/mol. The molecule has 3 aromatic carbocycles. The van der Waals surface area contributed by atoms with Crippen LogP contribution in [0.25, 0.3) is 0 Å². The maximum absolute atomic E-state index is 13.9. The van der Waals surface area contributed by atoms with Gasteiger partial charge in [-0.1, -0.05) is 67.1 Å². The Kier molecular flexibility index (Phi) is 9.88. The van der Waals surface area contributed by atoms with Crippen LogP contribution < -0.4 is 9.62 Å². The molecule has 0 unspecified atom stereocenters. The molecule has 2 atom stereocenters. The lowest BCUT2D eigenvalue weighted by molar-refractivity contribution is -0.139. The number of rotatable bonds is 11.